The van der Waals surface area contributed by atoms with Crippen LogP contribution in [0.25, 0.3) is 9.88 Å². The molecule has 2 aromatic heterocycles. The Balaban J connectivity index is 2.46. The molecule has 0 saturated carbocycles. The Morgan fingerprint density at radius 1 is 1.15 bits per heavy atom. The van der Waals surface area contributed by atoms with E-state index in [1.807, 2.05) is 17.5 Å². The van der Waals surface area contributed by atoms with E-state index in [4.69, 9.17) is 0 Å². The summed E-state index contributed by atoms with van der Waals surface area (Å²) in [5, 5.41) is 1.15. The van der Waals surface area contributed by atoms with Gasteiger partial charge in [-0.25, -0.2) is 4.98 Å². The van der Waals surface area contributed by atoms with Gasteiger partial charge in [-0.1, -0.05) is 0 Å². The van der Waals surface area contributed by atoms with Crippen LogP contribution in [0.1, 0.15) is 15.3 Å². The van der Waals surface area contributed by atoms with Gasteiger partial charge in [0, 0.05) is 16.0 Å². The van der Waals surface area contributed by atoms with Gasteiger partial charge < -0.3 is 0 Å². The molecule has 0 aliphatic rings. The molecule has 3 heteroatoms. The van der Waals surface area contributed by atoms with Gasteiger partial charge in [0.25, 0.3) is 0 Å². The van der Waals surface area contributed by atoms with Gasteiger partial charge in [0.2, 0.25) is 0 Å². The second kappa shape index (κ2) is 3.24. The van der Waals surface area contributed by atoms with E-state index < -0.39 is 0 Å². The van der Waals surface area contributed by atoms with Crippen molar-refractivity contribution in [2.45, 2.75) is 20.8 Å². The van der Waals surface area contributed by atoms with E-state index in [0.717, 1.165) is 5.01 Å². The average Bonchev–Trinajstić information content (AvgIpc) is 2.61. The molecule has 0 N–H and O–H groups in total. The number of aromatic nitrogens is 1. The lowest BCUT2D eigenvalue weighted by atomic mass is 10.3. The van der Waals surface area contributed by atoms with Crippen LogP contribution in [0, 0.1) is 20.8 Å². The molecule has 0 saturated heterocycles. The van der Waals surface area contributed by atoms with E-state index in [1.165, 1.54) is 20.2 Å². The van der Waals surface area contributed by atoms with Gasteiger partial charge in [0.15, 0.2) is 0 Å². The van der Waals surface area contributed by atoms with Crippen molar-refractivity contribution >= 4 is 22.7 Å². The number of rotatable bonds is 1. The van der Waals surface area contributed by atoms with Crippen LogP contribution in [0.5, 0.6) is 0 Å². The fourth-order valence-electron chi connectivity index (χ4n) is 1.15. The van der Waals surface area contributed by atoms with E-state index in [0.29, 0.717) is 0 Å². The molecule has 0 atom stereocenters. The second-order valence-electron chi connectivity index (χ2n) is 3.13. The molecule has 0 fully saturated rings. The molecule has 0 unspecified atom stereocenters. The van der Waals surface area contributed by atoms with Crippen molar-refractivity contribution in [2.24, 2.45) is 0 Å². The standard InChI is InChI=1S/C10H11NS2/c1-6-4-9(13-8(6)3)10-11-5-7(2)12-10/h4-5H,1-3H3. The Labute approximate surface area is 86.1 Å². The highest BCUT2D eigenvalue weighted by Gasteiger charge is 2.06. The van der Waals surface area contributed by atoms with Crippen LogP contribution in [0.2, 0.25) is 0 Å². The van der Waals surface area contributed by atoms with Crippen LogP contribution >= 0.6 is 22.7 Å². The third kappa shape index (κ3) is 1.67. The zero-order chi connectivity index (χ0) is 9.42. The lowest BCUT2D eigenvalue weighted by Gasteiger charge is -1.85. The van der Waals surface area contributed by atoms with E-state index in [1.54, 1.807) is 11.3 Å². The molecular weight excluding hydrogens is 198 g/mol. The van der Waals surface area contributed by atoms with Gasteiger partial charge in [0.05, 0.1) is 4.88 Å². The van der Waals surface area contributed by atoms with Crippen LogP contribution < -0.4 is 0 Å². The third-order valence-electron chi connectivity index (χ3n) is 2.00. The van der Waals surface area contributed by atoms with Crippen LogP contribution in [-0.2, 0) is 0 Å². The molecule has 1 nitrogen and oxygen atoms in total. The maximum absolute atomic E-state index is 4.37. The molecule has 0 aromatic carbocycles. The largest absolute Gasteiger partial charge is 0.243 e. The summed E-state index contributed by atoms with van der Waals surface area (Å²) in [5.41, 5.74) is 1.37. The summed E-state index contributed by atoms with van der Waals surface area (Å²) < 4.78 is 0. The Hall–Kier alpha value is -0.670. The monoisotopic (exact) mass is 209 g/mol. The highest BCUT2D eigenvalue weighted by molar-refractivity contribution is 7.21. The van der Waals surface area contributed by atoms with Crippen LogP contribution in [0.15, 0.2) is 12.3 Å². The quantitative estimate of drug-likeness (QED) is 0.696. The number of hydrogen-bond acceptors (Lipinski definition) is 3. The molecular formula is C10H11NS2. The van der Waals surface area contributed by atoms with Crippen LogP contribution in [-0.4, -0.2) is 4.98 Å². The Bertz CT molecular complexity index is 406. The molecule has 2 aromatic rings. The number of nitrogens with zero attached hydrogens (tertiary/aromatic N) is 1. The number of hydrogen-bond donors (Lipinski definition) is 0. The minimum Gasteiger partial charge on any atom is -0.243 e. The number of aryl methyl sites for hydroxylation is 3. The summed E-state index contributed by atoms with van der Waals surface area (Å²) in [6, 6.07) is 2.22. The van der Waals surface area contributed by atoms with Crippen molar-refractivity contribution in [3.63, 3.8) is 0 Å². The fourth-order valence-corrected chi connectivity index (χ4v) is 3.00. The van der Waals surface area contributed by atoms with Crippen LogP contribution in [0.4, 0.5) is 0 Å². The minimum atomic E-state index is 1.15. The van der Waals surface area contributed by atoms with Crippen molar-refractivity contribution in [3.8, 4) is 9.88 Å². The van der Waals surface area contributed by atoms with Crippen molar-refractivity contribution in [1.29, 1.82) is 0 Å². The number of thiophene rings is 1. The van der Waals surface area contributed by atoms with Gasteiger partial charge in [-0.05, 0) is 32.4 Å². The predicted molar refractivity (Wildman–Crippen MR) is 59.6 cm³/mol. The van der Waals surface area contributed by atoms with Gasteiger partial charge in [-0.15, -0.1) is 22.7 Å². The summed E-state index contributed by atoms with van der Waals surface area (Å²) in [6.07, 6.45) is 1.93. The van der Waals surface area contributed by atoms with Crippen LogP contribution in [0.3, 0.4) is 0 Å². The Morgan fingerprint density at radius 2 is 1.92 bits per heavy atom. The lowest BCUT2D eigenvalue weighted by Crippen LogP contribution is -1.65. The van der Waals surface area contributed by atoms with E-state index in [9.17, 15) is 0 Å². The Kier molecular flexibility index (Phi) is 2.22. The van der Waals surface area contributed by atoms with E-state index >= 15 is 0 Å². The first-order chi connectivity index (χ1) is 6.16. The second-order valence-corrected chi connectivity index (χ2v) is 5.62. The Morgan fingerprint density at radius 3 is 2.38 bits per heavy atom. The van der Waals surface area contributed by atoms with E-state index in [2.05, 4.69) is 31.8 Å². The third-order valence-corrected chi connectivity index (χ3v) is 4.23. The van der Waals surface area contributed by atoms with Gasteiger partial charge in [0.1, 0.15) is 5.01 Å². The molecule has 0 spiro atoms. The molecule has 0 aliphatic carbocycles. The lowest BCUT2D eigenvalue weighted by molar-refractivity contribution is 1.39. The number of thiazole rings is 1. The van der Waals surface area contributed by atoms with Crippen molar-refractivity contribution in [3.05, 3.63) is 27.6 Å². The molecule has 2 heterocycles. The van der Waals surface area contributed by atoms with Gasteiger partial charge >= 0.3 is 0 Å². The minimum absolute atomic E-state index is 1.15. The molecule has 0 aliphatic heterocycles. The first kappa shape index (κ1) is 8.91. The fraction of sp³-hybridized carbons (Fsp3) is 0.300. The summed E-state index contributed by atoms with van der Waals surface area (Å²) in [7, 11) is 0. The zero-order valence-electron chi connectivity index (χ0n) is 7.92. The van der Waals surface area contributed by atoms with Crippen molar-refractivity contribution in [2.75, 3.05) is 0 Å². The SMILES string of the molecule is Cc1cnc(-c2cc(C)c(C)s2)s1. The molecule has 68 valence electrons. The smallest absolute Gasteiger partial charge is 0.133 e. The average molecular weight is 209 g/mol. The zero-order valence-corrected chi connectivity index (χ0v) is 9.55. The summed E-state index contributed by atoms with van der Waals surface area (Å²) in [6.45, 7) is 6.40. The topological polar surface area (TPSA) is 12.9 Å². The summed E-state index contributed by atoms with van der Waals surface area (Å²) in [5.74, 6) is 0. The summed E-state index contributed by atoms with van der Waals surface area (Å²) in [4.78, 5) is 8.34. The van der Waals surface area contributed by atoms with Gasteiger partial charge in [-0.2, -0.15) is 0 Å². The van der Waals surface area contributed by atoms with Gasteiger partial charge in [-0.3, -0.25) is 0 Å². The van der Waals surface area contributed by atoms with Crippen molar-refractivity contribution < 1.29 is 0 Å². The molecule has 0 radical (unpaired) electrons. The summed E-state index contributed by atoms with van der Waals surface area (Å²) >= 11 is 3.59. The van der Waals surface area contributed by atoms with E-state index in [-0.39, 0.29) is 0 Å². The normalized spacial score (nSPS) is 10.7. The first-order valence-electron chi connectivity index (χ1n) is 4.16. The maximum Gasteiger partial charge on any atom is 0.133 e. The highest BCUT2D eigenvalue weighted by Crippen LogP contribution is 2.32. The highest BCUT2D eigenvalue weighted by atomic mass is 32.1. The predicted octanol–water partition coefficient (Wildman–Crippen LogP) is 3.80. The molecule has 0 bridgehead atoms. The van der Waals surface area contributed by atoms with Crippen molar-refractivity contribution in [1.82, 2.24) is 4.98 Å². The molecule has 13 heavy (non-hydrogen) atoms. The maximum atomic E-state index is 4.37. The first-order valence-corrected chi connectivity index (χ1v) is 5.80. The molecule has 0 amide bonds. The molecule has 2 rings (SSSR count).